The fourth-order valence-electron chi connectivity index (χ4n) is 4.52. The van der Waals surface area contributed by atoms with Gasteiger partial charge in [-0.15, -0.1) is 0 Å². The lowest BCUT2D eigenvalue weighted by molar-refractivity contribution is 0.151. The van der Waals surface area contributed by atoms with Gasteiger partial charge in [0.25, 0.3) is 0 Å². The minimum atomic E-state index is 0.353. The average molecular weight is 342 g/mol. The number of hydrogen-bond donors (Lipinski definition) is 1. The van der Waals surface area contributed by atoms with E-state index in [1.165, 1.54) is 50.6 Å². The van der Waals surface area contributed by atoms with Gasteiger partial charge < -0.3 is 15.0 Å². The summed E-state index contributed by atoms with van der Waals surface area (Å²) in [4.78, 5) is 11.3. The first kappa shape index (κ1) is 16.7. The summed E-state index contributed by atoms with van der Waals surface area (Å²) in [6.07, 6.45) is 12.6. The number of aromatic nitrogens is 1. The zero-order valence-electron chi connectivity index (χ0n) is 15.3. The van der Waals surface area contributed by atoms with E-state index in [0.29, 0.717) is 11.5 Å². The first-order valence-electron chi connectivity index (χ1n) is 9.84. The molecule has 1 N–H and O–H groups in total. The van der Waals surface area contributed by atoms with Crippen LogP contribution in [-0.4, -0.2) is 42.1 Å². The largest absolute Gasteiger partial charge is 0.474 e. The lowest BCUT2D eigenvalue weighted by atomic mass is 9.68. The van der Waals surface area contributed by atoms with E-state index in [9.17, 15) is 0 Å². The number of guanidine groups is 1. The Bertz CT molecular complexity index is 620. The van der Waals surface area contributed by atoms with E-state index < -0.39 is 0 Å². The molecule has 3 fully saturated rings. The van der Waals surface area contributed by atoms with Crippen LogP contribution in [0.1, 0.15) is 56.9 Å². The van der Waals surface area contributed by atoms with E-state index in [0.717, 1.165) is 37.8 Å². The van der Waals surface area contributed by atoms with E-state index in [4.69, 9.17) is 4.74 Å². The number of rotatable bonds is 4. The first-order chi connectivity index (χ1) is 12.3. The van der Waals surface area contributed by atoms with Crippen LogP contribution >= 0.6 is 0 Å². The van der Waals surface area contributed by atoms with Gasteiger partial charge in [0.1, 0.15) is 6.10 Å². The summed E-state index contributed by atoms with van der Waals surface area (Å²) in [6, 6.07) is 4.12. The summed E-state index contributed by atoms with van der Waals surface area (Å²) in [5.41, 5.74) is 1.79. The Morgan fingerprint density at radius 3 is 2.84 bits per heavy atom. The maximum Gasteiger partial charge on any atom is 0.213 e. The van der Waals surface area contributed by atoms with Crippen LogP contribution in [0.5, 0.6) is 5.88 Å². The Kier molecular flexibility index (Phi) is 4.82. The summed E-state index contributed by atoms with van der Waals surface area (Å²) >= 11 is 0. The van der Waals surface area contributed by atoms with E-state index in [2.05, 4.69) is 32.3 Å². The van der Waals surface area contributed by atoms with Crippen LogP contribution in [0.4, 0.5) is 0 Å². The maximum absolute atomic E-state index is 6.02. The van der Waals surface area contributed by atoms with Crippen molar-refractivity contribution in [3.63, 3.8) is 0 Å². The maximum atomic E-state index is 6.02. The first-order valence-corrected chi connectivity index (χ1v) is 9.84. The molecule has 136 valence electrons. The Morgan fingerprint density at radius 2 is 2.16 bits per heavy atom. The van der Waals surface area contributed by atoms with Crippen LogP contribution in [0.2, 0.25) is 0 Å². The van der Waals surface area contributed by atoms with Crippen molar-refractivity contribution in [1.82, 2.24) is 15.2 Å². The molecule has 5 nitrogen and oxygen atoms in total. The van der Waals surface area contributed by atoms with Crippen molar-refractivity contribution < 1.29 is 4.74 Å². The third-order valence-corrected chi connectivity index (χ3v) is 6.20. The molecule has 0 bridgehead atoms. The Morgan fingerprint density at radius 1 is 1.32 bits per heavy atom. The molecule has 0 atom stereocenters. The van der Waals surface area contributed by atoms with Crippen molar-refractivity contribution in [3.05, 3.63) is 23.9 Å². The summed E-state index contributed by atoms with van der Waals surface area (Å²) in [6.45, 7) is 3.06. The van der Waals surface area contributed by atoms with Crippen LogP contribution in [0.25, 0.3) is 0 Å². The van der Waals surface area contributed by atoms with Crippen molar-refractivity contribution in [3.8, 4) is 5.88 Å². The van der Waals surface area contributed by atoms with Gasteiger partial charge in [0.15, 0.2) is 5.96 Å². The van der Waals surface area contributed by atoms with Gasteiger partial charge in [0, 0.05) is 38.9 Å². The molecule has 0 radical (unpaired) electrons. The smallest absolute Gasteiger partial charge is 0.213 e. The zero-order valence-corrected chi connectivity index (χ0v) is 15.3. The van der Waals surface area contributed by atoms with Crippen LogP contribution in [0, 0.1) is 5.41 Å². The van der Waals surface area contributed by atoms with Gasteiger partial charge in [0.2, 0.25) is 5.88 Å². The summed E-state index contributed by atoms with van der Waals surface area (Å²) in [5.74, 6) is 1.79. The molecule has 0 amide bonds. The normalized spacial score (nSPS) is 23.1. The molecule has 1 saturated heterocycles. The molecule has 25 heavy (non-hydrogen) atoms. The second-order valence-corrected chi connectivity index (χ2v) is 7.95. The highest BCUT2D eigenvalue weighted by atomic mass is 16.5. The number of hydrogen-bond acceptors (Lipinski definition) is 3. The van der Waals surface area contributed by atoms with Crippen molar-refractivity contribution in [2.24, 2.45) is 10.4 Å². The molecule has 2 heterocycles. The van der Waals surface area contributed by atoms with E-state index >= 15 is 0 Å². The number of nitrogens with zero attached hydrogens (tertiary/aromatic N) is 3. The Balaban J connectivity index is 1.32. The lowest BCUT2D eigenvalue weighted by Gasteiger charge is -2.38. The predicted molar refractivity (Wildman–Crippen MR) is 99.8 cm³/mol. The molecular weight excluding hydrogens is 312 g/mol. The third-order valence-electron chi connectivity index (χ3n) is 6.20. The van der Waals surface area contributed by atoms with Gasteiger partial charge in [-0.2, -0.15) is 0 Å². The minimum absolute atomic E-state index is 0.353. The zero-order chi connectivity index (χ0) is 17.1. The molecule has 2 saturated carbocycles. The van der Waals surface area contributed by atoms with Crippen molar-refractivity contribution in [2.45, 2.75) is 64.0 Å². The van der Waals surface area contributed by atoms with Crippen molar-refractivity contribution >= 4 is 5.96 Å². The van der Waals surface area contributed by atoms with Gasteiger partial charge in [-0.05, 0) is 62.0 Å². The number of likely N-dealkylation sites (tertiary alicyclic amines) is 1. The van der Waals surface area contributed by atoms with Gasteiger partial charge >= 0.3 is 0 Å². The molecule has 1 aromatic rings. The molecule has 4 rings (SSSR count). The Labute approximate surface area is 150 Å². The second-order valence-electron chi connectivity index (χ2n) is 7.95. The Hall–Kier alpha value is -1.78. The van der Waals surface area contributed by atoms with Crippen LogP contribution in [-0.2, 0) is 6.54 Å². The van der Waals surface area contributed by atoms with E-state index in [1.807, 2.05) is 13.2 Å². The molecule has 1 spiro atoms. The number of nitrogens with one attached hydrogen (secondary N) is 1. The lowest BCUT2D eigenvalue weighted by Crippen LogP contribution is -2.42. The molecule has 3 aliphatic rings. The molecule has 5 heteroatoms. The molecule has 1 aromatic heterocycles. The van der Waals surface area contributed by atoms with E-state index in [-0.39, 0.29) is 0 Å². The summed E-state index contributed by atoms with van der Waals surface area (Å²) in [7, 11) is 1.88. The number of aliphatic imine (C=N–C) groups is 1. The highest BCUT2D eigenvalue weighted by molar-refractivity contribution is 5.80. The van der Waals surface area contributed by atoms with Crippen molar-refractivity contribution in [1.29, 1.82) is 0 Å². The number of ether oxygens (including phenoxy) is 1. The van der Waals surface area contributed by atoms with Crippen molar-refractivity contribution in [2.75, 3.05) is 20.1 Å². The molecular formula is C20H30N4O. The quantitative estimate of drug-likeness (QED) is 0.673. The summed E-state index contributed by atoms with van der Waals surface area (Å²) < 4.78 is 6.02. The predicted octanol–water partition coefficient (Wildman–Crippen LogP) is 3.35. The minimum Gasteiger partial charge on any atom is -0.474 e. The molecule has 1 aliphatic heterocycles. The van der Waals surface area contributed by atoms with Gasteiger partial charge in [-0.1, -0.05) is 6.42 Å². The highest BCUT2D eigenvalue weighted by Gasteiger charge is 2.43. The van der Waals surface area contributed by atoms with Crippen LogP contribution in [0.3, 0.4) is 0 Å². The van der Waals surface area contributed by atoms with Gasteiger partial charge in [-0.25, -0.2) is 4.98 Å². The van der Waals surface area contributed by atoms with Crippen LogP contribution in [0.15, 0.2) is 23.3 Å². The molecule has 0 unspecified atom stereocenters. The van der Waals surface area contributed by atoms with E-state index in [1.54, 1.807) is 0 Å². The number of pyridine rings is 1. The van der Waals surface area contributed by atoms with Gasteiger partial charge in [-0.3, -0.25) is 4.99 Å². The van der Waals surface area contributed by atoms with Gasteiger partial charge in [0.05, 0.1) is 0 Å². The second kappa shape index (κ2) is 7.22. The third kappa shape index (κ3) is 3.75. The standard InChI is InChI=1S/C20H30N4O/c1-21-19(24-12-10-20(15-24)8-4-9-20)23-14-16-7-11-22-18(13-16)25-17-5-2-3-6-17/h7,11,13,17H,2-6,8-10,12,14-15H2,1H3,(H,21,23). The molecule has 0 aromatic carbocycles. The van der Waals surface area contributed by atoms with Crippen LogP contribution < -0.4 is 10.1 Å². The SMILES string of the molecule is CN=C(NCc1ccnc(OC2CCCC2)c1)N1CCC2(CCC2)C1. The highest BCUT2D eigenvalue weighted by Crippen LogP contribution is 2.47. The topological polar surface area (TPSA) is 49.8 Å². The molecule has 2 aliphatic carbocycles. The summed E-state index contributed by atoms with van der Waals surface area (Å²) in [5, 5.41) is 3.53. The average Bonchev–Trinajstić information content (AvgIpc) is 3.25. The fourth-order valence-corrected chi connectivity index (χ4v) is 4.52. The fraction of sp³-hybridized carbons (Fsp3) is 0.700. The monoisotopic (exact) mass is 342 g/mol.